The molecule has 4 heteroatoms. The summed E-state index contributed by atoms with van der Waals surface area (Å²) in [5, 5.41) is 2.78. The van der Waals surface area contributed by atoms with Crippen molar-refractivity contribution in [3.63, 3.8) is 0 Å². The quantitative estimate of drug-likeness (QED) is 0.580. The van der Waals surface area contributed by atoms with Crippen molar-refractivity contribution in [2.45, 2.75) is 70.8 Å². The molecule has 0 heterocycles. The molecule has 0 saturated heterocycles. The SMILES string of the molecule is CCCCCCCC[C@H](NC(=O)CCc1ccccc1)C(N)=O. The van der Waals surface area contributed by atoms with Crippen LogP contribution in [-0.2, 0) is 16.0 Å². The zero-order valence-electron chi connectivity index (χ0n) is 14.2. The van der Waals surface area contributed by atoms with Gasteiger partial charge >= 0.3 is 0 Å². The number of hydrogen-bond donors (Lipinski definition) is 2. The Hall–Kier alpha value is -1.84. The number of carbonyl (C=O) groups is 2. The minimum absolute atomic E-state index is 0.108. The monoisotopic (exact) mass is 318 g/mol. The summed E-state index contributed by atoms with van der Waals surface area (Å²) in [5.74, 6) is -0.546. The smallest absolute Gasteiger partial charge is 0.239 e. The van der Waals surface area contributed by atoms with Crippen LogP contribution in [-0.4, -0.2) is 17.9 Å². The Labute approximate surface area is 139 Å². The molecule has 1 rings (SSSR count). The van der Waals surface area contributed by atoms with E-state index < -0.39 is 11.9 Å². The average Bonchev–Trinajstić information content (AvgIpc) is 2.55. The van der Waals surface area contributed by atoms with Gasteiger partial charge in [-0.25, -0.2) is 0 Å². The fraction of sp³-hybridized carbons (Fsp3) is 0.579. The average molecular weight is 318 g/mol. The molecule has 1 atom stereocenters. The van der Waals surface area contributed by atoms with Crippen LogP contribution in [0.1, 0.15) is 63.9 Å². The van der Waals surface area contributed by atoms with Gasteiger partial charge in [0.25, 0.3) is 0 Å². The molecule has 1 aromatic rings. The van der Waals surface area contributed by atoms with Crippen LogP contribution in [0.3, 0.4) is 0 Å². The number of nitrogens with two attached hydrogens (primary N) is 1. The van der Waals surface area contributed by atoms with Gasteiger partial charge in [-0.15, -0.1) is 0 Å². The van der Waals surface area contributed by atoms with Crippen LogP contribution < -0.4 is 11.1 Å². The highest BCUT2D eigenvalue weighted by Crippen LogP contribution is 2.09. The molecule has 23 heavy (non-hydrogen) atoms. The van der Waals surface area contributed by atoms with E-state index in [2.05, 4.69) is 12.2 Å². The molecule has 0 aromatic heterocycles. The number of primary amides is 1. The summed E-state index contributed by atoms with van der Waals surface area (Å²) < 4.78 is 0. The van der Waals surface area contributed by atoms with Crippen molar-refractivity contribution in [2.24, 2.45) is 5.73 Å². The summed E-state index contributed by atoms with van der Waals surface area (Å²) in [5.41, 5.74) is 6.52. The molecule has 0 aliphatic heterocycles. The van der Waals surface area contributed by atoms with E-state index in [1.807, 2.05) is 30.3 Å². The number of hydrogen-bond acceptors (Lipinski definition) is 2. The number of unbranched alkanes of at least 4 members (excludes halogenated alkanes) is 5. The van der Waals surface area contributed by atoms with Crippen LogP contribution >= 0.6 is 0 Å². The molecule has 128 valence electrons. The molecule has 0 unspecified atom stereocenters. The van der Waals surface area contributed by atoms with Gasteiger partial charge in [-0.1, -0.05) is 75.8 Å². The van der Waals surface area contributed by atoms with E-state index in [-0.39, 0.29) is 5.91 Å². The van der Waals surface area contributed by atoms with Gasteiger partial charge in [0.1, 0.15) is 6.04 Å². The first kappa shape index (κ1) is 19.2. The number of amides is 2. The molecule has 0 spiro atoms. The van der Waals surface area contributed by atoms with E-state index in [9.17, 15) is 9.59 Å². The second-order valence-corrected chi connectivity index (χ2v) is 6.06. The Morgan fingerprint density at radius 2 is 1.70 bits per heavy atom. The zero-order valence-corrected chi connectivity index (χ0v) is 14.2. The normalized spacial score (nSPS) is 11.9. The van der Waals surface area contributed by atoms with Crippen molar-refractivity contribution in [2.75, 3.05) is 0 Å². The first-order valence-corrected chi connectivity index (χ1v) is 8.76. The molecule has 0 fully saturated rings. The lowest BCUT2D eigenvalue weighted by Crippen LogP contribution is -2.44. The molecule has 1 aromatic carbocycles. The van der Waals surface area contributed by atoms with Crippen molar-refractivity contribution in [3.8, 4) is 0 Å². The zero-order chi connectivity index (χ0) is 16.9. The molecule has 0 aliphatic carbocycles. The number of carbonyl (C=O) groups excluding carboxylic acids is 2. The molecular formula is C19H30N2O2. The number of rotatable bonds is 12. The van der Waals surface area contributed by atoms with Crippen LogP contribution in [0.2, 0.25) is 0 Å². The minimum Gasteiger partial charge on any atom is -0.368 e. The predicted octanol–water partition coefficient (Wildman–Crippen LogP) is 3.34. The largest absolute Gasteiger partial charge is 0.368 e. The topological polar surface area (TPSA) is 72.2 Å². The summed E-state index contributed by atoms with van der Waals surface area (Å²) in [7, 11) is 0. The van der Waals surface area contributed by atoms with E-state index in [0.717, 1.165) is 18.4 Å². The standard InChI is InChI=1S/C19H30N2O2/c1-2-3-4-5-6-10-13-17(19(20)23)21-18(22)15-14-16-11-8-7-9-12-16/h7-9,11-12,17H,2-6,10,13-15H2,1H3,(H2,20,23)(H,21,22)/t17-/m0/s1. The van der Waals surface area contributed by atoms with Crippen LogP contribution in [0, 0.1) is 0 Å². The van der Waals surface area contributed by atoms with Gasteiger partial charge < -0.3 is 11.1 Å². The second-order valence-electron chi connectivity index (χ2n) is 6.06. The first-order valence-electron chi connectivity index (χ1n) is 8.76. The molecule has 3 N–H and O–H groups in total. The van der Waals surface area contributed by atoms with Crippen molar-refractivity contribution in [3.05, 3.63) is 35.9 Å². The lowest BCUT2D eigenvalue weighted by atomic mass is 10.0. The maximum absolute atomic E-state index is 12.0. The van der Waals surface area contributed by atoms with Gasteiger partial charge in [0, 0.05) is 6.42 Å². The van der Waals surface area contributed by atoms with E-state index in [1.165, 1.54) is 25.7 Å². The van der Waals surface area contributed by atoms with Crippen molar-refractivity contribution in [1.82, 2.24) is 5.32 Å². The van der Waals surface area contributed by atoms with E-state index in [1.54, 1.807) is 0 Å². The Bertz CT molecular complexity index is 460. The summed E-state index contributed by atoms with van der Waals surface area (Å²) in [6, 6.07) is 9.32. The van der Waals surface area contributed by atoms with Crippen LogP contribution in [0.25, 0.3) is 0 Å². The highest BCUT2D eigenvalue weighted by Gasteiger charge is 2.17. The Kier molecular flexibility index (Phi) is 9.76. The maximum atomic E-state index is 12.0. The summed E-state index contributed by atoms with van der Waals surface area (Å²) in [6.07, 6.45) is 8.61. The van der Waals surface area contributed by atoms with E-state index in [4.69, 9.17) is 5.73 Å². The third-order valence-corrected chi connectivity index (χ3v) is 4.01. The molecular weight excluding hydrogens is 288 g/mol. The van der Waals surface area contributed by atoms with Gasteiger partial charge in [0.15, 0.2) is 0 Å². The highest BCUT2D eigenvalue weighted by molar-refractivity contribution is 5.86. The fourth-order valence-electron chi connectivity index (χ4n) is 2.58. The Morgan fingerprint density at radius 3 is 2.35 bits per heavy atom. The van der Waals surface area contributed by atoms with Gasteiger partial charge in [-0.05, 0) is 18.4 Å². The number of benzene rings is 1. The minimum atomic E-state index is -0.538. The van der Waals surface area contributed by atoms with Crippen LogP contribution in [0.5, 0.6) is 0 Å². The van der Waals surface area contributed by atoms with E-state index >= 15 is 0 Å². The van der Waals surface area contributed by atoms with Crippen molar-refractivity contribution < 1.29 is 9.59 Å². The van der Waals surface area contributed by atoms with Crippen molar-refractivity contribution in [1.29, 1.82) is 0 Å². The fourth-order valence-corrected chi connectivity index (χ4v) is 2.58. The molecule has 4 nitrogen and oxygen atoms in total. The predicted molar refractivity (Wildman–Crippen MR) is 93.9 cm³/mol. The molecule has 0 aliphatic rings. The lowest BCUT2D eigenvalue weighted by Gasteiger charge is -2.15. The molecule has 0 bridgehead atoms. The Morgan fingerprint density at radius 1 is 1.04 bits per heavy atom. The van der Waals surface area contributed by atoms with Gasteiger partial charge in [0.05, 0.1) is 0 Å². The van der Waals surface area contributed by atoms with Gasteiger partial charge in [-0.3, -0.25) is 9.59 Å². The number of aryl methyl sites for hydroxylation is 1. The van der Waals surface area contributed by atoms with Crippen LogP contribution in [0.4, 0.5) is 0 Å². The molecule has 0 radical (unpaired) electrons. The van der Waals surface area contributed by atoms with Crippen molar-refractivity contribution >= 4 is 11.8 Å². The maximum Gasteiger partial charge on any atom is 0.239 e. The first-order chi connectivity index (χ1) is 11.1. The summed E-state index contributed by atoms with van der Waals surface area (Å²) in [6.45, 7) is 2.19. The third-order valence-electron chi connectivity index (χ3n) is 4.01. The third kappa shape index (κ3) is 9.01. The van der Waals surface area contributed by atoms with Crippen LogP contribution in [0.15, 0.2) is 30.3 Å². The molecule has 0 saturated carbocycles. The summed E-state index contributed by atoms with van der Waals surface area (Å²) in [4.78, 5) is 23.5. The molecule has 2 amide bonds. The van der Waals surface area contributed by atoms with E-state index in [0.29, 0.717) is 19.3 Å². The Balaban J connectivity index is 2.25. The summed E-state index contributed by atoms with van der Waals surface area (Å²) >= 11 is 0. The van der Waals surface area contributed by atoms with Gasteiger partial charge in [-0.2, -0.15) is 0 Å². The highest BCUT2D eigenvalue weighted by atomic mass is 16.2. The number of nitrogens with one attached hydrogen (secondary N) is 1. The second kappa shape index (κ2) is 11.7. The lowest BCUT2D eigenvalue weighted by molar-refractivity contribution is -0.127. The van der Waals surface area contributed by atoms with Gasteiger partial charge in [0.2, 0.25) is 11.8 Å².